The molecule has 5 rings (SSSR count). The van der Waals surface area contributed by atoms with E-state index in [-0.39, 0.29) is 11.2 Å². The second-order valence-electron chi connectivity index (χ2n) is 6.70. The molecule has 1 N–H and O–H groups in total. The van der Waals surface area contributed by atoms with Gasteiger partial charge in [-0.05, 0) is 18.2 Å². The van der Waals surface area contributed by atoms with Crippen LogP contribution in [0.1, 0.15) is 33.7 Å². The van der Waals surface area contributed by atoms with Gasteiger partial charge in [-0.25, -0.2) is 4.98 Å². The first-order chi connectivity index (χ1) is 13.9. The van der Waals surface area contributed by atoms with Gasteiger partial charge in [0.15, 0.2) is 0 Å². The third-order valence-electron chi connectivity index (χ3n) is 5.00. The van der Waals surface area contributed by atoms with Crippen LogP contribution in [0.3, 0.4) is 0 Å². The number of aromatic amines is 1. The van der Waals surface area contributed by atoms with E-state index in [1.165, 1.54) is 11.2 Å². The van der Waals surface area contributed by atoms with Gasteiger partial charge in [0, 0.05) is 24.0 Å². The summed E-state index contributed by atoms with van der Waals surface area (Å²) in [6.45, 7) is 0.207. The van der Waals surface area contributed by atoms with Gasteiger partial charge in [-0.1, -0.05) is 18.2 Å². The van der Waals surface area contributed by atoms with Crippen molar-refractivity contribution >= 4 is 16.9 Å². The van der Waals surface area contributed by atoms with E-state index in [0.717, 1.165) is 23.3 Å². The lowest BCUT2D eigenvalue weighted by molar-refractivity contribution is -0.213. The molecule has 0 radical (unpaired) electrons. The second kappa shape index (κ2) is 6.23. The number of halogens is 3. The lowest BCUT2D eigenvalue weighted by Crippen LogP contribution is -2.42. The van der Waals surface area contributed by atoms with Crippen LogP contribution in [0.25, 0.3) is 11.0 Å². The highest BCUT2D eigenvalue weighted by atomic mass is 19.4. The molecule has 1 aliphatic heterocycles. The van der Waals surface area contributed by atoms with Crippen LogP contribution in [0.15, 0.2) is 53.3 Å². The molecule has 1 aliphatic rings. The van der Waals surface area contributed by atoms with Crippen molar-refractivity contribution in [2.24, 2.45) is 0 Å². The SMILES string of the molecule is O=C(c1ccnn1C(F)(F)F)N1CCc2[nH]cnc2[C@H]1c1cc2ccccc2o1. The molecule has 1 atom stereocenters. The molecule has 4 aromatic rings. The van der Waals surface area contributed by atoms with Crippen molar-refractivity contribution in [2.75, 3.05) is 6.54 Å². The van der Waals surface area contributed by atoms with Gasteiger partial charge < -0.3 is 14.3 Å². The van der Waals surface area contributed by atoms with Gasteiger partial charge in [0.2, 0.25) is 0 Å². The number of alkyl halides is 3. The smallest absolute Gasteiger partial charge is 0.458 e. The number of imidazole rings is 1. The van der Waals surface area contributed by atoms with Gasteiger partial charge in [-0.3, -0.25) is 4.79 Å². The minimum absolute atomic E-state index is 0.207. The maximum atomic E-state index is 13.3. The summed E-state index contributed by atoms with van der Waals surface area (Å²) in [7, 11) is 0. The van der Waals surface area contributed by atoms with Crippen molar-refractivity contribution in [3.63, 3.8) is 0 Å². The Hall–Kier alpha value is -3.56. The number of para-hydroxylation sites is 1. The number of carbonyl (C=O) groups excluding carboxylic acids is 1. The van der Waals surface area contributed by atoms with E-state index in [4.69, 9.17) is 4.42 Å². The molecule has 0 saturated heterocycles. The van der Waals surface area contributed by atoms with Crippen LogP contribution in [0.4, 0.5) is 13.2 Å². The fourth-order valence-electron chi connectivity index (χ4n) is 3.74. The molecule has 10 heteroatoms. The van der Waals surface area contributed by atoms with Crippen molar-refractivity contribution in [2.45, 2.75) is 18.8 Å². The highest BCUT2D eigenvalue weighted by molar-refractivity contribution is 5.93. The molecule has 7 nitrogen and oxygen atoms in total. The molecule has 148 valence electrons. The zero-order chi connectivity index (χ0) is 20.2. The predicted molar refractivity (Wildman–Crippen MR) is 94.9 cm³/mol. The zero-order valence-electron chi connectivity index (χ0n) is 14.8. The van der Waals surface area contributed by atoms with Gasteiger partial charge >= 0.3 is 6.30 Å². The first kappa shape index (κ1) is 17.5. The van der Waals surface area contributed by atoms with Crippen molar-refractivity contribution in [1.29, 1.82) is 0 Å². The number of hydrogen-bond acceptors (Lipinski definition) is 4. The molecule has 29 heavy (non-hydrogen) atoms. The van der Waals surface area contributed by atoms with Crippen LogP contribution in [-0.2, 0) is 12.7 Å². The van der Waals surface area contributed by atoms with Crippen LogP contribution in [0.2, 0.25) is 0 Å². The van der Waals surface area contributed by atoms with Gasteiger partial charge in [0.1, 0.15) is 23.1 Å². The van der Waals surface area contributed by atoms with Crippen LogP contribution in [-0.4, -0.2) is 37.1 Å². The van der Waals surface area contributed by atoms with Crippen LogP contribution in [0.5, 0.6) is 0 Å². The van der Waals surface area contributed by atoms with Crippen molar-refractivity contribution in [3.05, 3.63) is 71.8 Å². The third-order valence-corrected chi connectivity index (χ3v) is 5.00. The number of hydrogen-bond donors (Lipinski definition) is 1. The Bertz CT molecular complexity index is 1170. The molecule has 3 aromatic heterocycles. The van der Waals surface area contributed by atoms with Gasteiger partial charge in [0.05, 0.1) is 18.2 Å². The lowest BCUT2D eigenvalue weighted by atomic mass is 9.99. The van der Waals surface area contributed by atoms with Crippen molar-refractivity contribution in [3.8, 4) is 0 Å². The molecule has 1 aromatic carbocycles. The van der Waals surface area contributed by atoms with Gasteiger partial charge in [0.25, 0.3) is 5.91 Å². The number of nitrogens with zero attached hydrogens (tertiary/aromatic N) is 4. The first-order valence-corrected chi connectivity index (χ1v) is 8.86. The van der Waals surface area contributed by atoms with E-state index in [9.17, 15) is 18.0 Å². The highest BCUT2D eigenvalue weighted by Gasteiger charge is 2.41. The molecular weight excluding hydrogens is 387 g/mol. The number of rotatable bonds is 2. The van der Waals surface area contributed by atoms with E-state index < -0.39 is 23.9 Å². The van der Waals surface area contributed by atoms with Crippen LogP contribution < -0.4 is 0 Å². The Balaban J connectivity index is 1.62. The molecule has 0 fully saturated rings. The molecule has 4 heterocycles. The number of nitrogens with one attached hydrogen (secondary N) is 1. The summed E-state index contributed by atoms with van der Waals surface area (Å²) in [4.78, 5) is 21.8. The largest absolute Gasteiger partial charge is 0.505 e. The Labute approximate surface area is 161 Å². The summed E-state index contributed by atoms with van der Waals surface area (Å²) < 4.78 is 45.5. The number of H-pyrrole nitrogens is 1. The number of aromatic nitrogens is 4. The maximum absolute atomic E-state index is 13.3. The number of fused-ring (bicyclic) bond motifs is 2. The third kappa shape index (κ3) is 2.79. The molecule has 0 unspecified atom stereocenters. The summed E-state index contributed by atoms with van der Waals surface area (Å²) in [5.41, 5.74) is 1.45. The quantitative estimate of drug-likeness (QED) is 0.556. The zero-order valence-corrected chi connectivity index (χ0v) is 14.8. The Kier molecular flexibility index (Phi) is 3.76. The number of benzene rings is 1. The normalized spacial score (nSPS) is 16.9. The summed E-state index contributed by atoms with van der Waals surface area (Å²) in [5.74, 6) is -0.357. The Morgan fingerprint density at radius 1 is 1.24 bits per heavy atom. The number of amides is 1. The fraction of sp³-hybridized carbons (Fsp3) is 0.211. The fourth-order valence-corrected chi connectivity index (χ4v) is 3.74. The van der Waals surface area contributed by atoms with Gasteiger partial charge in [-0.15, -0.1) is 13.2 Å². The number of carbonyl (C=O) groups is 1. The van der Waals surface area contributed by atoms with Crippen molar-refractivity contribution in [1.82, 2.24) is 24.6 Å². The van der Waals surface area contributed by atoms with E-state index in [1.807, 2.05) is 18.2 Å². The molecule has 0 aliphatic carbocycles. The minimum Gasteiger partial charge on any atom is -0.458 e. The summed E-state index contributed by atoms with van der Waals surface area (Å²) in [5, 5.41) is 4.10. The molecule has 0 saturated carbocycles. The number of furan rings is 1. The Morgan fingerprint density at radius 2 is 2.07 bits per heavy atom. The van der Waals surface area contributed by atoms with E-state index in [2.05, 4.69) is 15.1 Å². The summed E-state index contributed by atoms with van der Waals surface area (Å²) in [6, 6.07) is 9.42. The maximum Gasteiger partial charge on any atom is 0.505 e. The highest BCUT2D eigenvalue weighted by Crippen LogP contribution is 2.37. The standard InChI is InChI=1S/C19H14F3N5O2/c20-19(21,22)27-13(5-7-25-27)18(28)26-8-6-12-16(24-10-23-12)17(26)15-9-11-3-1-2-4-14(11)29-15/h1-5,7,9-10,17H,6,8H2,(H,23,24)/t17-/m1/s1. The first-order valence-electron chi connectivity index (χ1n) is 8.86. The molecule has 0 bridgehead atoms. The van der Waals surface area contributed by atoms with Crippen molar-refractivity contribution < 1.29 is 22.4 Å². The topological polar surface area (TPSA) is 80.0 Å². The molecule has 1 amide bonds. The van der Waals surface area contributed by atoms with Crippen LogP contribution >= 0.6 is 0 Å². The van der Waals surface area contributed by atoms with E-state index >= 15 is 0 Å². The summed E-state index contributed by atoms with van der Waals surface area (Å²) in [6.07, 6.45) is -1.89. The monoisotopic (exact) mass is 401 g/mol. The van der Waals surface area contributed by atoms with E-state index in [0.29, 0.717) is 23.5 Å². The average Bonchev–Trinajstić information content (AvgIpc) is 3.44. The van der Waals surface area contributed by atoms with Gasteiger partial charge in [-0.2, -0.15) is 9.78 Å². The van der Waals surface area contributed by atoms with E-state index in [1.54, 1.807) is 12.1 Å². The second-order valence-corrected chi connectivity index (χ2v) is 6.70. The lowest BCUT2D eigenvalue weighted by Gasteiger charge is -2.33. The molecule has 0 spiro atoms. The minimum atomic E-state index is -4.80. The molecular formula is C19H14F3N5O2. The summed E-state index contributed by atoms with van der Waals surface area (Å²) >= 11 is 0. The van der Waals surface area contributed by atoms with Crippen LogP contribution in [0, 0.1) is 0 Å². The predicted octanol–water partition coefficient (Wildman–Crippen LogP) is 3.62. The Morgan fingerprint density at radius 3 is 2.86 bits per heavy atom. The average molecular weight is 401 g/mol.